The molecule has 0 saturated carbocycles. The van der Waals surface area contributed by atoms with Crippen LogP contribution in [0.2, 0.25) is 5.02 Å². The number of anilines is 1. The predicted octanol–water partition coefficient (Wildman–Crippen LogP) is 4.27. The van der Waals surface area contributed by atoms with Crippen LogP contribution >= 0.6 is 11.6 Å². The first kappa shape index (κ1) is 14.3. The van der Waals surface area contributed by atoms with Gasteiger partial charge in [0.25, 0.3) is 0 Å². The molecule has 0 saturated heterocycles. The molecule has 116 valence electrons. The van der Waals surface area contributed by atoms with Crippen LogP contribution < -0.4 is 11.1 Å². The van der Waals surface area contributed by atoms with Crippen molar-refractivity contribution in [2.45, 2.75) is 18.4 Å². The molecule has 3 atom stereocenters. The number of carbonyl (C=O) groups excluding carboxylic acids is 1. The first-order valence-electron chi connectivity index (χ1n) is 7.76. The number of amides is 1. The zero-order chi connectivity index (χ0) is 16.0. The summed E-state index contributed by atoms with van der Waals surface area (Å²) >= 11 is 6.01. The lowest BCUT2D eigenvalue weighted by atomic mass is 9.76. The third kappa shape index (κ3) is 2.41. The Balaban J connectivity index is 1.77. The van der Waals surface area contributed by atoms with Crippen LogP contribution in [-0.4, -0.2) is 5.91 Å². The lowest BCUT2D eigenvalue weighted by molar-refractivity contribution is 0.1000. The number of benzene rings is 2. The normalized spacial score (nSPS) is 24.7. The SMILES string of the molecule is NC(=O)c1ccc2c(c1)[C@H]1C=CC[C@@H]1[C@@H](c1ccc(Cl)cc1)N2. The van der Waals surface area contributed by atoms with E-state index in [0.29, 0.717) is 17.4 Å². The van der Waals surface area contributed by atoms with Crippen LogP contribution in [0.3, 0.4) is 0 Å². The Bertz CT molecular complexity index is 798. The van der Waals surface area contributed by atoms with Gasteiger partial charge in [0.15, 0.2) is 0 Å². The Morgan fingerprint density at radius 3 is 2.70 bits per heavy atom. The van der Waals surface area contributed by atoms with Gasteiger partial charge in [0, 0.05) is 22.2 Å². The average molecular weight is 325 g/mol. The molecule has 3 N–H and O–H groups in total. The first-order chi connectivity index (χ1) is 11.1. The molecular formula is C19H17ClN2O. The Labute approximate surface area is 140 Å². The molecule has 0 fully saturated rings. The van der Waals surface area contributed by atoms with Crippen molar-refractivity contribution in [1.29, 1.82) is 0 Å². The molecule has 2 aliphatic rings. The Hall–Kier alpha value is -2.26. The predicted molar refractivity (Wildman–Crippen MR) is 92.8 cm³/mol. The quantitative estimate of drug-likeness (QED) is 0.811. The van der Waals surface area contributed by atoms with Crippen LogP contribution in [0.4, 0.5) is 5.69 Å². The summed E-state index contributed by atoms with van der Waals surface area (Å²) in [5.41, 5.74) is 9.45. The Kier molecular flexibility index (Phi) is 3.38. The molecule has 4 rings (SSSR count). The van der Waals surface area contributed by atoms with E-state index in [1.165, 1.54) is 5.56 Å². The highest BCUT2D eigenvalue weighted by molar-refractivity contribution is 6.30. The van der Waals surface area contributed by atoms with Gasteiger partial charge in [-0.2, -0.15) is 0 Å². The molecule has 0 spiro atoms. The van der Waals surface area contributed by atoms with Crippen molar-refractivity contribution in [3.05, 3.63) is 76.3 Å². The lowest BCUT2D eigenvalue weighted by Gasteiger charge is -2.37. The highest BCUT2D eigenvalue weighted by atomic mass is 35.5. The second kappa shape index (κ2) is 5.43. The van der Waals surface area contributed by atoms with Gasteiger partial charge in [-0.15, -0.1) is 0 Å². The summed E-state index contributed by atoms with van der Waals surface area (Å²) in [7, 11) is 0. The van der Waals surface area contributed by atoms with Gasteiger partial charge in [-0.3, -0.25) is 4.79 Å². The van der Waals surface area contributed by atoms with Gasteiger partial charge in [-0.1, -0.05) is 35.9 Å². The van der Waals surface area contributed by atoms with Gasteiger partial charge >= 0.3 is 0 Å². The van der Waals surface area contributed by atoms with Gasteiger partial charge in [0.1, 0.15) is 0 Å². The summed E-state index contributed by atoms with van der Waals surface area (Å²) in [6.07, 6.45) is 5.50. The fourth-order valence-corrected chi connectivity index (χ4v) is 3.87. The molecule has 0 radical (unpaired) electrons. The topological polar surface area (TPSA) is 55.1 Å². The summed E-state index contributed by atoms with van der Waals surface area (Å²) in [6.45, 7) is 0. The van der Waals surface area contributed by atoms with Gasteiger partial charge in [0.05, 0.1) is 6.04 Å². The zero-order valence-corrected chi connectivity index (χ0v) is 13.3. The number of nitrogens with one attached hydrogen (secondary N) is 1. The molecule has 0 bridgehead atoms. The van der Waals surface area contributed by atoms with E-state index in [9.17, 15) is 4.79 Å². The molecule has 2 aromatic rings. The van der Waals surface area contributed by atoms with E-state index in [1.54, 1.807) is 6.07 Å². The zero-order valence-electron chi connectivity index (χ0n) is 12.5. The average Bonchev–Trinajstić information content (AvgIpc) is 3.04. The van der Waals surface area contributed by atoms with Crippen molar-refractivity contribution in [3.63, 3.8) is 0 Å². The molecule has 1 heterocycles. The van der Waals surface area contributed by atoms with E-state index in [1.807, 2.05) is 24.3 Å². The van der Waals surface area contributed by atoms with E-state index in [0.717, 1.165) is 22.7 Å². The molecule has 2 aromatic carbocycles. The molecule has 4 heteroatoms. The molecule has 3 nitrogen and oxygen atoms in total. The number of halogens is 1. The number of carbonyl (C=O) groups is 1. The molecule has 0 aromatic heterocycles. The monoisotopic (exact) mass is 324 g/mol. The van der Waals surface area contributed by atoms with Gasteiger partial charge < -0.3 is 11.1 Å². The number of nitrogens with two attached hydrogens (primary N) is 1. The maximum absolute atomic E-state index is 11.5. The summed E-state index contributed by atoms with van der Waals surface area (Å²) < 4.78 is 0. The van der Waals surface area contributed by atoms with Crippen molar-refractivity contribution in [2.24, 2.45) is 11.7 Å². The summed E-state index contributed by atoms with van der Waals surface area (Å²) in [6, 6.07) is 13.9. The lowest BCUT2D eigenvalue weighted by Crippen LogP contribution is -2.29. The van der Waals surface area contributed by atoms with Crippen molar-refractivity contribution in [1.82, 2.24) is 0 Å². The minimum Gasteiger partial charge on any atom is -0.378 e. The van der Waals surface area contributed by atoms with Crippen molar-refractivity contribution in [2.75, 3.05) is 5.32 Å². The Morgan fingerprint density at radius 2 is 1.96 bits per heavy atom. The van der Waals surface area contributed by atoms with E-state index in [2.05, 4.69) is 29.6 Å². The van der Waals surface area contributed by atoms with Crippen molar-refractivity contribution >= 4 is 23.2 Å². The molecule has 23 heavy (non-hydrogen) atoms. The van der Waals surface area contributed by atoms with Crippen LogP contribution in [0.1, 0.15) is 39.9 Å². The number of hydrogen-bond donors (Lipinski definition) is 2. The molecule has 1 amide bonds. The smallest absolute Gasteiger partial charge is 0.248 e. The first-order valence-corrected chi connectivity index (χ1v) is 8.14. The highest BCUT2D eigenvalue weighted by Gasteiger charge is 2.37. The third-order valence-electron chi connectivity index (χ3n) is 4.88. The number of hydrogen-bond acceptors (Lipinski definition) is 2. The maximum atomic E-state index is 11.5. The van der Waals surface area contributed by atoms with Gasteiger partial charge in [-0.05, 0) is 53.8 Å². The van der Waals surface area contributed by atoms with Gasteiger partial charge in [0.2, 0.25) is 5.91 Å². The molecular weight excluding hydrogens is 308 g/mol. The van der Waals surface area contributed by atoms with E-state index in [4.69, 9.17) is 17.3 Å². The number of primary amides is 1. The number of rotatable bonds is 2. The highest BCUT2D eigenvalue weighted by Crippen LogP contribution is 2.49. The third-order valence-corrected chi connectivity index (χ3v) is 5.13. The van der Waals surface area contributed by atoms with Crippen LogP contribution in [0.25, 0.3) is 0 Å². The number of fused-ring (bicyclic) bond motifs is 3. The molecule has 1 aliphatic carbocycles. The fourth-order valence-electron chi connectivity index (χ4n) is 3.75. The van der Waals surface area contributed by atoms with E-state index < -0.39 is 0 Å². The molecule has 1 aliphatic heterocycles. The summed E-state index contributed by atoms with van der Waals surface area (Å²) in [5.74, 6) is 0.365. The fraction of sp³-hybridized carbons (Fsp3) is 0.211. The second-order valence-corrected chi connectivity index (χ2v) is 6.63. The van der Waals surface area contributed by atoms with Gasteiger partial charge in [-0.25, -0.2) is 0 Å². The minimum absolute atomic E-state index is 0.235. The second-order valence-electron chi connectivity index (χ2n) is 6.19. The maximum Gasteiger partial charge on any atom is 0.248 e. The standard InChI is InChI=1S/C19H17ClN2O/c20-13-7-4-11(5-8-13)18-15-3-1-2-14(15)16-10-12(19(21)23)6-9-17(16)22-18/h1-2,4-10,14-15,18,22H,3H2,(H2,21,23)/t14-,15-,18+/m0/s1. The summed E-state index contributed by atoms with van der Waals surface area (Å²) in [4.78, 5) is 11.5. The van der Waals surface area contributed by atoms with E-state index >= 15 is 0 Å². The van der Waals surface area contributed by atoms with Crippen LogP contribution in [0.5, 0.6) is 0 Å². The van der Waals surface area contributed by atoms with Crippen LogP contribution in [0.15, 0.2) is 54.6 Å². The van der Waals surface area contributed by atoms with Crippen LogP contribution in [-0.2, 0) is 0 Å². The van der Waals surface area contributed by atoms with E-state index in [-0.39, 0.29) is 11.9 Å². The van der Waals surface area contributed by atoms with Crippen LogP contribution in [0, 0.1) is 5.92 Å². The minimum atomic E-state index is -0.383. The molecule has 0 unspecified atom stereocenters. The largest absolute Gasteiger partial charge is 0.378 e. The summed E-state index contributed by atoms with van der Waals surface area (Å²) in [5, 5.41) is 4.38. The van der Waals surface area contributed by atoms with Crippen molar-refractivity contribution in [3.8, 4) is 0 Å². The number of allylic oxidation sites excluding steroid dienone is 2. The van der Waals surface area contributed by atoms with Crippen molar-refractivity contribution < 1.29 is 4.79 Å². The Morgan fingerprint density at radius 1 is 1.17 bits per heavy atom.